The molecule has 0 spiro atoms. The van der Waals surface area contributed by atoms with E-state index in [1.165, 1.54) is 12.1 Å². The maximum atomic E-state index is 13.6. The van der Waals surface area contributed by atoms with Gasteiger partial charge in [-0.25, -0.2) is 4.39 Å². The lowest BCUT2D eigenvalue weighted by Crippen LogP contribution is -2.43. The lowest BCUT2D eigenvalue weighted by Gasteiger charge is -2.29. The number of nitro groups is 1. The van der Waals surface area contributed by atoms with Gasteiger partial charge in [-0.15, -0.1) is 24.8 Å². The summed E-state index contributed by atoms with van der Waals surface area (Å²) in [4.78, 5) is 11.7. The van der Waals surface area contributed by atoms with Gasteiger partial charge in [-0.2, -0.15) is 0 Å². The largest absolute Gasteiger partial charge is 0.367 e. The summed E-state index contributed by atoms with van der Waals surface area (Å²) in [6.07, 6.45) is 0. The van der Waals surface area contributed by atoms with Crippen LogP contribution in [0.15, 0.2) is 18.2 Å². The van der Waals surface area contributed by atoms with Crippen LogP contribution >= 0.6 is 24.8 Å². The Morgan fingerprint density at radius 2 is 1.89 bits per heavy atom. The van der Waals surface area contributed by atoms with Gasteiger partial charge >= 0.3 is 0 Å². The van der Waals surface area contributed by atoms with E-state index in [-0.39, 0.29) is 30.5 Å². The van der Waals surface area contributed by atoms with Crippen LogP contribution in [-0.4, -0.2) is 31.1 Å². The molecule has 0 aliphatic carbocycles. The summed E-state index contributed by atoms with van der Waals surface area (Å²) in [5.74, 6) is -0.531. The summed E-state index contributed by atoms with van der Waals surface area (Å²) < 4.78 is 13.6. The molecule has 1 N–H and O–H groups in total. The highest BCUT2D eigenvalue weighted by Gasteiger charge is 2.17. The topological polar surface area (TPSA) is 58.4 Å². The molecule has 1 fully saturated rings. The Hall–Kier alpha value is -1.11. The number of piperazine rings is 1. The summed E-state index contributed by atoms with van der Waals surface area (Å²) in [5, 5.41) is 13.6. The van der Waals surface area contributed by atoms with Crippen LogP contribution < -0.4 is 10.2 Å². The Labute approximate surface area is 116 Å². The molecule has 1 saturated heterocycles. The second-order valence-electron chi connectivity index (χ2n) is 3.63. The molecule has 8 heteroatoms. The summed E-state index contributed by atoms with van der Waals surface area (Å²) in [6.45, 7) is 3.04. The maximum Gasteiger partial charge on any atom is 0.272 e. The maximum absolute atomic E-state index is 13.6. The monoisotopic (exact) mass is 297 g/mol. The predicted molar refractivity (Wildman–Crippen MR) is 72.6 cm³/mol. The second-order valence-corrected chi connectivity index (χ2v) is 3.63. The molecule has 0 unspecified atom stereocenters. The molecule has 0 bridgehead atoms. The smallest absolute Gasteiger partial charge is 0.272 e. The van der Waals surface area contributed by atoms with Gasteiger partial charge in [0.1, 0.15) is 0 Å². The third kappa shape index (κ3) is 3.69. The first-order valence-corrected chi connectivity index (χ1v) is 5.08. The molecule has 18 heavy (non-hydrogen) atoms. The van der Waals surface area contributed by atoms with Gasteiger partial charge in [-0.3, -0.25) is 10.1 Å². The highest BCUT2D eigenvalue weighted by atomic mass is 35.5. The van der Waals surface area contributed by atoms with E-state index in [4.69, 9.17) is 0 Å². The van der Waals surface area contributed by atoms with Crippen molar-refractivity contribution in [2.75, 3.05) is 31.1 Å². The highest BCUT2D eigenvalue weighted by molar-refractivity contribution is 5.85. The number of hydrogen-bond donors (Lipinski definition) is 1. The minimum Gasteiger partial charge on any atom is -0.367 e. The molecule has 2 rings (SSSR count). The Morgan fingerprint density at radius 1 is 1.28 bits per heavy atom. The number of non-ortho nitro benzene ring substituents is 1. The molecule has 0 aromatic heterocycles. The zero-order chi connectivity index (χ0) is 11.5. The first-order valence-electron chi connectivity index (χ1n) is 5.08. The Kier molecular flexibility index (Phi) is 6.90. The number of hydrogen-bond acceptors (Lipinski definition) is 4. The van der Waals surface area contributed by atoms with E-state index in [2.05, 4.69) is 5.32 Å². The van der Waals surface area contributed by atoms with Crippen molar-refractivity contribution in [3.8, 4) is 0 Å². The first kappa shape index (κ1) is 16.9. The molecule has 0 radical (unpaired) electrons. The molecular formula is C10H14Cl2FN3O2. The van der Waals surface area contributed by atoms with E-state index < -0.39 is 10.7 Å². The number of rotatable bonds is 2. The summed E-state index contributed by atoms with van der Waals surface area (Å²) >= 11 is 0. The molecule has 1 aliphatic heterocycles. The highest BCUT2D eigenvalue weighted by Crippen LogP contribution is 2.24. The van der Waals surface area contributed by atoms with Crippen LogP contribution in [0.25, 0.3) is 0 Å². The van der Waals surface area contributed by atoms with Crippen molar-refractivity contribution in [2.45, 2.75) is 0 Å². The average molecular weight is 298 g/mol. The van der Waals surface area contributed by atoms with Crippen molar-refractivity contribution in [2.24, 2.45) is 0 Å². The van der Waals surface area contributed by atoms with Crippen molar-refractivity contribution < 1.29 is 9.31 Å². The van der Waals surface area contributed by atoms with Crippen LogP contribution in [0.4, 0.5) is 15.8 Å². The van der Waals surface area contributed by atoms with Crippen molar-refractivity contribution in [1.29, 1.82) is 0 Å². The fourth-order valence-electron chi connectivity index (χ4n) is 1.77. The number of benzene rings is 1. The lowest BCUT2D eigenvalue weighted by molar-refractivity contribution is -0.385. The van der Waals surface area contributed by atoms with Crippen molar-refractivity contribution in [1.82, 2.24) is 5.32 Å². The van der Waals surface area contributed by atoms with Gasteiger partial charge in [0.25, 0.3) is 5.69 Å². The lowest BCUT2D eigenvalue weighted by atomic mass is 10.2. The third-order valence-electron chi connectivity index (χ3n) is 2.60. The fraction of sp³-hybridized carbons (Fsp3) is 0.400. The molecule has 102 valence electrons. The van der Waals surface area contributed by atoms with E-state index in [1.807, 2.05) is 4.90 Å². The molecule has 1 aliphatic rings. The Bertz CT molecular complexity index is 414. The van der Waals surface area contributed by atoms with E-state index in [0.717, 1.165) is 19.2 Å². The van der Waals surface area contributed by atoms with E-state index in [0.29, 0.717) is 18.8 Å². The van der Waals surface area contributed by atoms with Gasteiger partial charge in [-0.1, -0.05) is 0 Å². The number of nitrogens with one attached hydrogen (secondary N) is 1. The average Bonchev–Trinajstić information content (AvgIpc) is 2.30. The SMILES string of the molecule is Cl.Cl.O=[N+]([O-])c1ccc(N2CCNCC2)c(F)c1. The first-order chi connectivity index (χ1) is 7.68. The third-order valence-corrected chi connectivity index (χ3v) is 2.60. The Morgan fingerprint density at radius 3 is 2.39 bits per heavy atom. The summed E-state index contributed by atoms with van der Waals surface area (Å²) in [5.41, 5.74) is 0.225. The number of anilines is 1. The van der Waals surface area contributed by atoms with Crippen LogP contribution in [0.2, 0.25) is 0 Å². The normalized spacial score (nSPS) is 14.4. The number of halogens is 3. The Balaban J connectivity index is 0.00000144. The van der Waals surface area contributed by atoms with Crippen LogP contribution in [0.3, 0.4) is 0 Å². The predicted octanol–water partition coefficient (Wildman–Crippen LogP) is 1.99. The van der Waals surface area contributed by atoms with Gasteiger partial charge in [0.05, 0.1) is 16.7 Å². The minimum atomic E-state index is -0.593. The molecule has 0 saturated carbocycles. The molecule has 0 atom stereocenters. The number of nitro benzene ring substituents is 1. The van der Waals surface area contributed by atoms with Gasteiger partial charge in [0, 0.05) is 32.2 Å². The van der Waals surface area contributed by atoms with Crippen molar-refractivity contribution >= 4 is 36.2 Å². The van der Waals surface area contributed by atoms with Crippen LogP contribution in [0, 0.1) is 15.9 Å². The van der Waals surface area contributed by atoms with Crippen LogP contribution in [0.1, 0.15) is 0 Å². The van der Waals surface area contributed by atoms with Crippen LogP contribution in [0.5, 0.6) is 0 Å². The second kappa shape index (κ2) is 7.35. The fourth-order valence-corrected chi connectivity index (χ4v) is 1.77. The zero-order valence-corrected chi connectivity index (χ0v) is 11.1. The molecular weight excluding hydrogens is 284 g/mol. The molecule has 1 heterocycles. The van der Waals surface area contributed by atoms with Crippen molar-refractivity contribution in [3.05, 3.63) is 34.1 Å². The van der Waals surface area contributed by atoms with Gasteiger partial charge in [0.15, 0.2) is 5.82 Å². The molecule has 0 amide bonds. The summed E-state index contributed by atoms with van der Waals surface area (Å²) in [7, 11) is 0. The van der Waals surface area contributed by atoms with Crippen LogP contribution in [-0.2, 0) is 0 Å². The minimum absolute atomic E-state index is 0. The van der Waals surface area contributed by atoms with Gasteiger partial charge in [-0.05, 0) is 6.07 Å². The zero-order valence-electron chi connectivity index (χ0n) is 9.47. The van der Waals surface area contributed by atoms with E-state index in [1.54, 1.807) is 0 Å². The van der Waals surface area contributed by atoms with Gasteiger partial charge in [0.2, 0.25) is 0 Å². The number of nitrogens with zero attached hydrogens (tertiary/aromatic N) is 2. The molecule has 1 aromatic rings. The van der Waals surface area contributed by atoms with Gasteiger partial charge < -0.3 is 10.2 Å². The van der Waals surface area contributed by atoms with E-state index >= 15 is 0 Å². The van der Waals surface area contributed by atoms with Crippen molar-refractivity contribution in [3.63, 3.8) is 0 Å². The molecule has 1 aromatic carbocycles. The van der Waals surface area contributed by atoms with E-state index in [9.17, 15) is 14.5 Å². The standard InChI is InChI=1S/C10H12FN3O2.2ClH/c11-9-7-8(14(15)16)1-2-10(9)13-5-3-12-4-6-13;;/h1-2,7,12H,3-6H2;2*1H. The summed E-state index contributed by atoms with van der Waals surface area (Å²) in [6, 6.07) is 3.77. The molecule has 5 nitrogen and oxygen atoms in total. The quantitative estimate of drug-likeness (QED) is 0.670.